The van der Waals surface area contributed by atoms with Crippen LogP contribution in [0.15, 0.2) is 0 Å². The summed E-state index contributed by atoms with van der Waals surface area (Å²) in [4.78, 5) is 11.4. The Morgan fingerprint density at radius 1 is 1.17 bits per heavy atom. The molecule has 2 atom stereocenters. The van der Waals surface area contributed by atoms with Crippen molar-refractivity contribution in [2.24, 2.45) is 5.92 Å². The molecule has 0 radical (unpaired) electrons. The quantitative estimate of drug-likeness (QED) is 0.592. The first-order chi connectivity index (χ1) is 5.88. The number of carbonyl (C=O) groups excluding carboxylic acids is 1. The lowest BCUT2D eigenvalue weighted by Gasteiger charge is -2.06. The third-order valence-electron chi connectivity index (χ3n) is 2.96. The van der Waals surface area contributed by atoms with Gasteiger partial charge in [0.25, 0.3) is 0 Å². The highest BCUT2D eigenvalue weighted by molar-refractivity contribution is 5.84. The van der Waals surface area contributed by atoms with E-state index in [4.69, 9.17) is 0 Å². The van der Waals surface area contributed by atoms with Crippen molar-refractivity contribution >= 4 is 5.78 Å². The Labute approximate surface area is 73.7 Å². The number of Topliss-reactive ketones (excluding diaryl/α,β-unsaturated/α-hetero) is 1. The van der Waals surface area contributed by atoms with E-state index in [9.17, 15) is 4.79 Å². The van der Waals surface area contributed by atoms with Crippen LogP contribution in [-0.4, -0.2) is 18.4 Å². The van der Waals surface area contributed by atoms with E-state index in [0.29, 0.717) is 17.7 Å². The molecule has 68 valence electrons. The van der Waals surface area contributed by atoms with E-state index in [1.54, 1.807) is 0 Å². The summed E-state index contributed by atoms with van der Waals surface area (Å²) in [5, 5.41) is 3.44. The highest BCUT2D eigenvalue weighted by atomic mass is 16.1. The molecule has 2 unspecified atom stereocenters. The standard InChI is InChI=1S/C10H17NO/c12-10-5-3-1-2-4-6-11-9-7-8(9)10/h8-9,11H,1-7H2. The Hall–Kier alpha value is -0.370. The van der Waals surface area contributed by atoms with E-state index in [1.165, 1.54) is 19.3 Å². The molecule has 1 aliphatic heterocycles. The number of rotatable bonds is 0. The Morgan fingerprint density at radius 2 is 2.00 bits per heavy atom. The molecule has 0 spiro atoms. The highest BCUT2D eigenvalue weighted by Gasteiger charge is 2.41. The van der Waals surface area contributed by atoms with Crippen LogP contribution in [0.5, 0.6) is 0 Å². The fourth-order valence-corrected chi connectivity index (χ4v) is 2.03. The summed E-state index contributed by atoms with van der Waals surface area (Å²) in [7, 11) is 0. The van der Waals surface area contributed by atoms with Gasteiger partial charge in [-0.05, 0) is 25.8 Å². The van der Waals surface area contributed by atoms with Gasteiger partial charge >= 0.3 is 0 Å². The lowest BCUT2D eigenvalue weighted by molar-refractivity contribution is -0.120. The second kappa shape index (κ2) is 3.56. The maximum atomic E-state index is 11.4. The first-order valence-corrected chi connectivity index (χ1v) is 5.14. The van der Waals surface area contributed by atoms with Crippen LogP contribution in [0.1, 0.15) is 38.5 Å². The van der Waals surface area contributed by atoms with Crippen LogP contribution in [-0.2, 0) is 4.79 Å². The molecule has 1 saturated carbocycles. The molecule has 0 amide bonds. The van der Waals surface area contributed by atoms with E-state index in [-0.39, 0.29) is 0 Å². The number of nitrogens with one attached hydrogen (secondary N) is 1. The van der Waals surface area contributed by atoms with Crippen LogP contribution >= 0.6 is 0 Å². The molecule has 1 aliphatic carbocycles. The van der Waals surface area contributed by atoms with Gasteiger partial charge in [-0.25, -0.2) is 0 Å². The molecule has 2 heteroatoms. The summed E-state index contributed by atoms with van der Waals surface area (Å²) < 4.78 is 0. The molecule has 1 N–H and O–H groups in total. The summed E-state index contributed by atoms with van der Waals surface area (Å²) in [6.45, 7) is 1.12. The molecule has 0 bridgehead atoms. The van der Waals surface area contributed by atoms with Gasteiger partial charge in [0, 0.05) is 18.4 Å². The van der Waals surface area contributed by atoms with Crippen LogP contribution in [0, 0.1) is 5.92 Å². The number of hydrogen-bond acceptors (Lipinski definition) is 2. The molecule has 0 aromatic heterocycles. The third kappa shape index (κ3) is 1.86. The zero-order valence-electron chi connectivity index (χ0n) is 7.51. The third-order valence-corrected chi connectivity index (χ3v) is 2.96. The lowest BCUT2D eigenvalue weighted by Crippen LogP contribution is -2.22. The van der Waals surface area contributed by atoms with Gasteiger partial charge in [-0.3, -0.25) is 4.79 Å². The predicted octanol–water partition coefficient (Wildman–Crippen LogP) is 1.50. The number of carbonyl (C=O) groups is 1. The Kier molecular flexibility index (Phi) is 2.45. The molecule has 2 rings (SSSR count). The minimum Gasteiger partial charge on any atom is -0.313 e. The molecular formula is C10H17NO. The molecule has 1 saturated heterocycles. The van der Waals surface area contributed by atoms with Crippen molar-refractivity contribution < 1.29 is 4.79 Å². The van der Waals surface area contributed by atoms with Gasteiger partial charge in [0.1, 0.15) is 5.78 Å². The summed E-state index contributed by atoms with van der Waals surface area (Å²) in [5.41, 5.74) is 0. The van der Waals surface area contributed by atoms with Crippen molar-refractivity contribution in [3.63, 3.8) is 0 Å². The van der Waals surface area contributed by atoms with E-state index in [2.05, 4.69) is 5.32 Å². The van der Waals surface area contributed by atoms with Gasteiger partial charge < -0.3 is 5.32 Å². The fraction of sp³-hybridized carbons (Fsp3) is 0.900. The van der Waals surface area contributed by atoms with Crippen LogP contribution in [0.2, 0.25) is 0 Å². The first-order valence-electron chi connectivity index (χ1n) is 5.14. The monoisotopic (exact) mass is 167 g/mol. The van der Waals surface area contributed by atoms with E-state index < -0.39 is 0 Å². The van der Waals surface area contributed by atoms with Crippen molar-refractivity contribution in [2.75, 3.05) is 6.54 Å². The zero-order chi connectivity index (χ0) is 8.39. The second-order valence-corrected chi connectivity index (χ2v) is 4.03. The van der Waals surface area contributed by atoms with Gasteiger partial charge in [-0.15, -0.1) is 0 Å². The van der Waals surface area contributed by atoms with Crippen LogP contribution in [0.3, 0.4) is 0 Å². The lowest BCUT2D eigenvalue weighted by atomic mass is 10.1. The Balaban J connectivity index is 1.84. The molecule has 2 aliphatic rings. The number of ketones is 1. The van der Waals surface area contributed by atoms with Crippen LogP contribution in [0.4, 0.5) is 0 Å². The van der Waals surface area contributed by atoms with Gasteiger partial charge in [0.05, 0.1) is 0 Å². The summed E-state index contributed by atoms with van der Waals surface area (Å²) in [5.74, 6) is 0.900. The number of fused-ring (bicyclic) bond motifs is 1. The fourth-order valence-electron chi connectivity index (χ4n) is 2.03. The van der Waals surface area contributed by atoms with Crippen molar-refractivity contribution in [2.45, 2.75) is 44.6 Å². The maximum Gasteiger partial charge on any atom is 0.137 e. The smallest absolute Gasteiger partial charge is 0.137 e. The van der Waals surface area contributed by atoms with Gasteiger partial charge in [0.15, 0.2) is 0 Å². The summed E-state index contributed by atoms with van der Waals surface area (Å²) in [6, 6.07) is 0.551. The molecule has 2 fully saturated rings. The SMILES string of the molecule is O=C1CCCCCCNC2CC12. The Bertz CT molecular complexity index is 179. The largest absolute Gasteiger partial charge is 0.313 e. The molecule has 1 heterocycles. The molecule has 0 aromatic carbocycles. The molecule has 12 heavy (non-hydrogen) atoms. The zero-order valence-corrected chi connectivity index (χ0v) is 7.51. The second-order valence-electron chi connectivity index (χ2n) is 4.03. The molecule has 0 aromatic rings. The topological polar surface area (TPSA) is 29.1 Å². The average molecular weight is 167 g/mol. The highest BCUT2D eigenvalue weighted by Crippen LogP contribution is 2.33. The summed E-state index contributed by atoms with van der Waals surface area (Å²) in [6.07, 6.45) is 6.89. The van der Waals surface area contributed by atoms with Crippen molar-refractivity contribution in [1.82, 2.24) is 5.32 Å². The van der Waals surface area contributed by atoms with Crippen molar-refractivity contribution in [1.29, 1.82) is 0 Å². The van der Waals surface area contributed by atoms with Gasteiger partial charge in [-0.2, -0.15) is 0 Å². The van der Waals surface area contributed by atoms with Crippen LogP contribution < -0.4 is 5.32 Å². The van der Waals surface area contributed by atoms with E-state index >= 15 is 0 Å². The van der Waals surface area contributed by atoms with E-state index in [0.717, 1.165) is 25.8 Å². The minimum atomic E-state index is 0.392. The predicted molar refractivity (Wildman–Crippen MR) is 48.0 cm³/mol. The normalized spacial score (nSPS) is 37.2. The number of hydrogen-bond donors (Lipinski definition) is 1. The summed E-state index contributed by atoms with van der Waals surface area (Å²) >= 11 is 0. The average Bonchev–Trinajstić information content (AvgIpc) is 2.82. The Morgan fingerprint density at radius 3 is 2.92 bits per heavy atom. The first kappa shape index (κ1) is 8.24. The van der Waals surface area contributed by atoms with Gasteiger partial charge in [0.2, 0.25) is 0 Å². The van der Waals surface area contributed by atoms with Gasteiger partial charge in [-0.1, -0.05) is 12.8 Å². The van der Waals surface area contributed by atoms with E-state index in [1.807, 2.05) is 0 Å². The molecule has 2 nitrogen and oxygen atoms in total. The van der Waals surface area contributed by atoms with Crippen molar-refractivity contribution in [3.05, 3.63) is 0 Å². The van der Waals surface area contributed by atoms with Crippen LogP contribution in [0.25, 0.3) is 0 Å². The minimum absolute atomic E-state index is 0.392. The van der Waals surface area contributed by atoms with Crippen molar-refractivity contribution in [3.8, 4) is 0 Å². The maximum absolute atomic E-state index is 11.4. The molecular weight excluding hydrogens is 150 g/mol.